The molecule has 1 aromatic carbocycles. The van der Waals surface area contributed by atoms with Gasteiger partial charge in [0.25, 0.3) is 0 Å². The summed E-state index contributed by atoms with van der Waals surface area (Å²) in [5, 5.41) is 3.50. The molecule has 3 heteroatoms. The lowest BCUT2D eigenvalue weighted by Gasteiger charge is -2.29. The van der Waals surface area contributed by atoms with Crippen molar-refractivity contribution in [1.29, 1.82) is 0 Å². The van der Waals surface area contributed by atoms with Gasteiger partial charge in [-0.05, 0) is 57.5 Å². The first-order valence-electron chi connectivity index (χ1n) is 7.45. The van der Waals surface area contributed by atoms with Crippen molar-refractivity contribution in [3.05, 3.63) is 35.6 Å². The molecule has 1 aliphatic rings. The van der Waals surface area contributed by atoms with Gasteiger partial charge in [0.2, 0.25) is 0 Å². The van der Waals surface area contributed by atoms with Crippen molar-refractivity contribution in [3.63, 3.8) is 0 Å². The van der Waals surface area contributed by atoms with Crippen LogP contribution in [0, 0.1) is 5.82 Å². The number of halogens is 1. The van der Waals surface area contributed by atoms with E-state index in [9.17, 15) is 4.39 Å². The molecule has 0 radical (unpaired) electrons. The number of likely N-dealkylation sites (tertiary alicyclic amines) is 1. The van der Waals surface area contributed by atoms with Crippen LogP contribution in [0.5, 0.6) is 0 Å². The zero-order valence-electron chi connectivity index (χ0n) is 11.9. The molecule has 1 N–H and O–H groups in total. The molecule has 0 aromatic heterocycles. The summed E-state index contributed by atoms with van der Waals surface area (Å²) in [6.45, 7) is 6.64. The van der Waals surface area contributed by atoms with Crippen LogP contribution in [0.4, 0.5) is 4.39 Å². The first-order valence-corrected chi connectivity index (χ1v) is 7.45. The highest BCUT2D eigenvalue weighted by Gasteiger charge is 2.12. The molecule has 0 aliphatic carbocycles. The highest BCUT2D eigenvalue weighted by Crippen LogP contribution is 2.09. The molecule has 1 fully saturated rings. The molecule has 0 saturated carbocycles. The molecular weight excluding hydrogens is 239 g/mol. The molecule has 2 rings (SSSR count). The SMILES string of the molecule is CC(CN1CCCCC1)NCCc1ccccc1F. The Morgan fingerprint density at radius 1 is 1.21 bits per heavy atom. The molecule has 1 heterocycles. The molecule has 1 aliphatic heterocycles. The quantitative estimate of drug-likeness (QED) is 0.850. The standard InChI is InChI=1S/C16H25FN2/c1-14(13-19-11-5-2-6-12-19)18-10-9-15-7-3-4-8-16(15)17/h3-4,7-8,14,18H,2,5-6,9-13H2,1H3. The summed E-state index contributed by atoms with van der Waals surface area (Å²) in [4.78, 5) is 2.53. The molecular formula is C16H25FN2. The van der Waals surface area contributed by atoms with E-state index >= 15 is 0 Å². The van der Waals surface area contributed by atoms with Gasteiger partial charge in [0.1, 0.15) is 5.82 Å². The Bertz CT molecular complexity index is 375. The maximum atomic E-state index is 13.5. The van der Waals surface area contributed by atoms with Crippen LogP contribution < -0.4 is 5.32 Å². The third kappa shape index (κ3) is 4.92. The van der Waals surface area contributed by atoms with E-state index in [0.717, 1.165) is 25.1 Å². The van der Waals surface area contributed by atoms with Crippen molar-refractivity contribution in [2.45, 2.75) is 38.6 Å². The Hall–Kier alpha value is -0.930. The number of nitrogens with one attached hydrogen (secondary N) is 1. The summed E-state index contributed by atoms with van der Waals surface area (Å²) >= 11 is 0. The van der Waals surface area contributed by atoms with E-state index in [2.05, 4.69) is 17.1 Å². The molecule has 19 heavy (non-hydrogen) atoms. The first-order chi connectivity index (χ1) is 9.25. The minimum atomic E-state index is -0.0898. The fraction of sp³-hybridized carbons (Fsp3) is 0.625. The van der Waals surface area contributed by atoms with Crippen molar-refractivity contribution < 1.29 is 4.39 Å². The number of hydrogen-bond acceptors (Lipinski definition) is 2. The van der Waals surface area contributed by atoms with E-state index in [1.165, 1.54) is 38.4 Å². The van der Waals surface area contributed by atoms with Gasteiger partial charge >= 0.3 is 0 Å². The predicted molar refractivity (Wildman–Crippen MR) is 77.9 cm³/mol. The summed E-state index contributed by atoms with van der Waals surface area (Å²) in [6, 6.07) is 7.52. The minimum Gasteiger partial charge on any atom is -0.313 e. The summed E-state index contributed by atoms with van der Waals surface area (Å²) in [7, 11) is 0. The summed E-state index contributed by atoms with van der Waals surface area (Å²) in [6.07, 6.45) is 4.81. The number of nitrogens with zero attached hydrogens (tertiary/aromatic N) is 1. The number of hydrogen-bond donors (Lipinski definition) is 1. The second kappa shape index (κ2) is 7.61. The van der Waals surface area contributed by atoms with Crippen molar-refractivity contribution in [2.24, 2.45) is 0 Å². The monoisotopic (exact) mass is 264 g/mol. The van der Waals surface area contributed by atoms with Crippen LogP contribution in [0.3, 0.4) is 0 Å². The minimum absolute atomic E-state index is 0.0898. The van der Waals surface area contributed by atoms with E-state index in [-0.39, 0.29) is 5.82 Å². The number of rotatable bonds is 6. The Balaban J connectivity index is 1.66. The average Bonchev–Trinajstić information content (AvgIpc) is 2.42. The smallest absolute Gasteiger partial charge is 0.126 e. The van der Waals surface area contributed by atoms with Crippen LogP contribution in [-0.4, -0.2) is 37.1 Å². The highest BCUT2D eigenvalue weighted by atomic mass is 19.1. The Kier molecular flexibility index (Phi) is 5.80. The highest BCUT2D eigenvalue weighted by molar-refractivity contribution is 5.17. The van der Waals surface area contributed by atoms with Gasteiger partial charge < -0.3 is 10.2 Å². The second-order valence-corrected chi connectivity index (χ2v) is 5.56. The van der Waals surface area contributed by atoms with E-state index in [1.807, 2.05) is 12.1 Å². The Labute approximate surface area is 116 Å². The maximum absolute atomic E-state index is 13.5. The Morgan fingerprint density at radius 3 is 2.68 bits per heavy atom. The predicted octanol–water partition coefficient (Wildman–Crippen LogP) is 2.83. The molecule has 1 saturated heterocycles. The molecule has 0 bridgehead atoms. The lowest BCUT2D eigenvalue weighted by molar-refractivity contribution is 0.209. The molecule has 1 aromatic rings. The van der Waals surface area contributed by atoms with Gasteiger partial charge in [0.05, 0.1) is 0 Å². The molecule has 106 valence electrons. The largest absolute Gasteiger partial charge is 0.313 e. The molecule has 1 atom stereocenters. The fourth-order valence-electron chi connectivity index (χ4n) is 2.75. The van der Waals surface area contributed by atoms with E-state index in [4.69, 9.17) is 0 Å². The Morgan fingerprint density at radius 2 is 1.95 bits per heavy atom. The third-order valence-corrected chi connectivity index (χ3v) is 3.83. The van der Waals surface area contributed by atoms with Crippen LogP contribution in [0.1, 0.15) is 31.7 Å². The number of piperidine rings is 1. The van der Waals surface area contributed by atoms with Crippen molar-refractivity contribution in [1.82, 2.24) is 10.2 Å². The van der Waals surface area contributed by atoms with E-state index in [0.29, 0.717) is 6.04 Å². The van der Waals surface area contributed by atoms with Crippen LogP contribution >= 0.6 is 0 Å². The van der Waals surface area contributed by atoms with E-state index < -0.39 is 0 Å². The second-order valence-electron chi connectivity index (χ2n) is 5.56. The van der Waals surface area contributed by atoms with Crippen molar-refractivity contribution in [2.75, 3.05) is 26.2 Å². The average molecular weight is 264 g/mol. The molecule has 2 nitrogen and oxygen atoms in total. The van der Waals surface area contributed by atoms with Gasteiger partial charge in [-0.2, -0.15) is 0 Å². The molecule has 0 spiro atoms. The first kappa shape index (κ1) is 14.5. The zero-order valence-corrected chi connectivity index (χ0v) is 11.9. The van der Waals surface area contributed by atoms with Gasteiger partial charge in [-0.3, -0.25) is 0 Å². The third-order valence-electron chi connectivity index (χ3n) is 3.83. The lowest BCUT2D eigenvalue weighted by atomic mass is 10.1. The van der Waals surface area contributed by atoms with Crippen molar-refractivity contribution >= 4 is 0 Å². The zero-order chi connectivity index (χ0) is 13.5. The maximum Gasteiger partial charge on any atom is 0.126 e. The fourth-order valence-corrected chi connectivity index (χ4v) is 2.75. The van der Waals surface area contributed by atoms with Crippen LogP contribution in [0.15, 0.2) is 24.3 Å². The summed E-state index contributed by atoms with van der Waals surface area (Å²) in [5.41, 5.74) is 0.806. The van der Waals surface area contributed by atoms with Crippen molar-refractivity contribution in [3.8, 4) is 0 Å². The molecule has 0 amide bonds. The topological polar surface area (TPSA) is 15.3 Å². The van der Waals surface area contributed by atoms with Gasteiger partial charge in [0, 0.05) is 12.6 Å². The van der Waals surface area contributed by atoms with Crippen LogP contribution in [0.2, 0.25) is 0 Å². The molecule has 1 unspecified atom stereocenters. The lowest BCUT2D eigenvalue weighted by Crippen LogP contribution is -2.42. The van der Waals surface area contributed by atoms with E-state index in [1.54, 1.807) is 6.07 Å². The van der Waals surface area contributed by atoms with Gasteiger partial charge in [-0.1, -0.05) is 24.6 Å². The normalized spacial score (nSPS) is 18.4. The van der Waals surface area contributed by atoms with Crippen LogP contribution in [-0.2, 0) is 6.42 Å². The van der Waals surface area contributed by atoms with Gasteiger partial charge in [0.15, 0.2) is 0 Å². The summed E-state index contributed by atoms with van der Waals surface area (Å²) in [5.74, 6) is -0.0898. The summed E-state index contributed by atoms with van der Waals surface area (Å²) < 4.78 is 13.5. The van der Waals surface area contributed by atoms with Gasteiger partial charge in [-0.25, -0.2) is 4.39 Å². The van der Waals surface area contributed by atoms with Gasteiger partial charge in [-0.15, -0.1) is 0 Å². The van der Waals surface area contributed by atoms with Crippen LogP contribution in [0.25, 0.3) is 0 Å². The number of benzene rings is 1.